The van der Waals surface area contributed by atoms with Crippen LogP contribution in [0.5, 0.6) is 11.5 Å². The molecule has 0 aliphatic heterocycles. The van der Waals surface area contributed by atoms with E-state index >= 15 is 0 Å². The summed E-state index contributed by atoms with van der Waals surface area (Å²) in [5.74, 6) is 1.45. The van der Waals surface area contributed by atoms with Gasteiger partial charge in [0, 0.05) is 16.6 Å². The summed E-state index contributed by atoms with van der Waals surface area (Å²) in [5, 5.41) is 1.04. The summed E-state index contributed by atoms with van der Waals surface area (Å²) in [6, 6.07) is 15.3. The van der Waals surface area contributed by atoms with Crippen LogP contribution in [0.25, 0.3) is 10.9 Å². The van der Waals surface area contributed by atoms with Gasteiger partial charge in [-0.1, -0.05) is 18.2 Å². The minimum absolute atomic E-state index is 0.645. The molecule has 0 bridgehead atoms. The minimum Gasteiger partial charge on any atom is -0.455 e. The van der Waals surface area contributed by atoms with Crippen LogP contribution in [0.2, 0.25) is 0 Å². The van der Waals surface area contributed by atoms with Gasteiger partial charge in [0.2, 0.25) is 0 Å². The average Bonchev–Trinajstić information content (AvgIpc) is 2.49. The number of para-hydroxylation sites is 1. The van der Waals surface area contributed by atoms with Gasteiger partial charge in [-0.05, 0) is 49.7 Å². The van der Waals surface area contributed by atoms with Crippen molar-refractivity contribution in [2.24, 2.45) is 0 Å². The Morgan fingerprint density at radius 3 is 2.62 bits per heavy atom. The Morgan fingerprint density at radius 1 is 1.00 bits per heavy atom. The number of aromatic nitrogens is 1. The number of carbonyl (C=O) groups excluding carboxylic acids is 1. The second kappa shape index (κ2) is 5.37. The number of benzene rings is 2. The Hall–Kier alpha value is -2.68. The Bertz CT molecular complexity index is 825. The van der Waals surface area contributed by atoms with Crippen molar-refractivity contribution >= 4 is 17.2 Å². The van der Waals surface area contributed by atoms with Crippen molar-refractivity contribution in [3.8, 4) is 11.5 Å². The van der Waals surface area contributed by atoms with Gasteiger partial charge < -0.3 is 4.74 Å². The maximum atomic E-state index is 10.8. The Kier molecular flexibility index (Phi) is 3.40. The van der Waals surface area contributed by atoms with Gasteiger partial charge in [0.25, 0.3) is 0 Å². The van der Waals surface area contributed by atoms with Crippen LogP contribution in [0.3, 0.4) is 0 Å². The molecule has 0 fully saturated rings. The van der Waals surface area contributed by atoms with Crippen LogP contribution in [0.4, 0.5) is 0 Å². The largest absolute Gasteiger partial charge is 0.455 e. The number of hydrogen-bond acceptors (Lipinski definition) is 3. The summed E-state index contributed by atoms with van der Waals surface area (Å²) in [4.78, 5) is 15.3. The van der Waals surface area contributed by atoms with Crippen LogP contribution in [-0.2, 0) is 0 Å². The third kappa shape index (κ3) is 2.63. The van der Waals surface area contributed by atoms with E-state index in [0.717, 1.165) is 39.9 Å². The van der Waals surface area contributed by atoms with Crippen LogP contribution in [0.1, 0.15) is 21.6 Å². The molecule has 0 saturated carbocycles. The molecule has 21 heavy (non-hydrogen) atoms. The lowest BCUT2D eigenvalue weighted by Gasteiger charge is -2.11. The Morgan fingerprint density at radius 2 is 1.86 bits per heavy atom. The van der Waals surface area contributed by atoms with Gasteiger partial charge in [0.15, 0.2) is 5.75 Å². The maximum absolute atomic E-state index is 10.8. The summed E-state index contributed by atoms with van der Waals surface area (Å²) < 4.78 is 6.00. The molecule has 104 valence electrons. The number of nitrogens with zero attached hydrogens (tertiary/aromatic N) is 1. The quantitative estimate of drug-likeness (QED) is 0.664. The number of rotatable bonds is 3. The number of fused-ring (bicyclic) bond motifs is 1. The third-order valence-corrected chi connectivity index (χ3v) is 3.38. The number of aryl methyl sites for hydroxylation is 2. The van der Waals surface area contributed by atoms with Gasteiger partial charge in [0.05, 0.1) is 0 Å². The number of hydrogen-bond donors (Lipinski definition) is 0. The minimum atomic E-state index is 0.645. The van der Waals surface area contributed by atoms with Gasteiger partial charge in [-0.15, -0.1) is 0 Å². The summed E-state index contributed by atoms with van der Waals surface area (Å²) in [6.45, 7) is 3.88. The van der Waals surface area contributed by atoms with E-state index in [1.54, 1.807) is 6.07 Å². The first-order valence-corrected chi connectivity index (χ1v) is 6.77. The van der Waals surface area contributed by atoms with Crippen molar-refractivity contribution in [3.05, 3.63) is 65.4 Å². The molecule has 0 unspecified atom stereocenters. The van der Waals surface area contributed by atoms with E-state index in [4.69, 9.17) is 4.74 Å². The first-order valence-electron chi connectivity index (χ1n) is 6.77. The molecule has 1 aromatic heterocycles. The second-order valence-corrected chi connectivity index (χ2v) is 5.03. The molecule has 0 aliphatic rings. The van der Waals surface area contributed by atoms with E-state index < -0.39 is 0 Å². The van der Waals surface area contributed by atoms with Gasteiger partial charge in [0.1, 0.15) is 17.6 Å². The van der Waals surface area contributed by atoms with Gasteiger partial charge in [-0.25, -0.2) is 4.98 Å². The highest BCUT2D eigenvalue weighted by atomic mass is 16.5. The molecule has 3 rings (SSSR count). The zero-order valence-electron chi connectivity index (χ0n) is 12.0. The lowest BCUT2D eigenvalue weighted by molar-refractivity contribution is 0.112. The van der Waals surface area contributed by atoms with Gasteiger partial charge in [-0.3, -0.25) is 4.79 Å². The van der Waals surface area contributed by atoms with Crippen molar-refractivity contribution in [1.82, 2.24) is 4.98 Å². The van der Waals surface area contributed by atoms with Crippen molar-refractivity contribution in [2.45, 2.75) is 13.8 Å². The summed E-state index contributed by atoms with van der Waals surface area (Å²) in [6.07, 6.45) is 0.833. The molecule has 0 saturated heterocycles. The van der Waals surface area contributed by atoms with E-state index in [1.165, 1.54) is 0 Å². The summed E-state index contributed by atoms with van der Waals surface area (Å²) >= 11 is 0. The number of carbonyl (C=O) groups is 1. The fraction of sp³-hybridized carbons (Fsp3) is 0.111. The highest BCUT2D eigenvalue weighted by Gasteiger charge is 2.07. The van der Waals surface area contributed by atoms with Gasteiger partial charge >= 0.3 is 0 Å². The lowest BCUT2D eigenvalue weighted by Crippen LogP contribution is -1.92. The number of pyridine rings is 1. The van der Waals surface area contributed by atoms with E-state index in [-0.39, 0.29) is 0 Å². The molecule has 0 N–H and O–H groups in total. The predicted octanol–water partition coefficient (Wildman–Crippen LogP) is 4.46. The van der Waals surface area contributed by atoms with Crippen LogP contribution >= 0.6 is 0 Å². The molecule has 2 aromatic carbocycles. The van der Waals surface area contributed by atoms with Crippen molar-refractivity contribution in [2.75, 3.05) is 0 Å². The van der Waals surface area contributed by atoms with E-state index in [2.05, 4.69) is 4.98 Å². The van der Waals surface area contributed by atoms with Crippen LogP contribution in [0, 0.1) is 13.8 Å². The highest BCUT2D eigenvalue weighted by molar-refractivity contribution is 5.85. The van der Waals surface area contributed by atoms with Crippen molar-refractivity contribution in [1.29, 1.82) is 0 Å². The molecule has 0 spiro atoms. The Labute approximate surface area is 123 Å². The SMILES string of the molecule is Cc1ccc2cccc(Oc3ccc(C=O)cc3C)c2n1. The topological polar surface area (TPSA) is 39.2 Å². The molecule has 0 amide bonds. The van der Waals surface area contributed by atoms with E-state index in [1.807, 2.05) is 56.3 Å². The molecule has 3 nitrogen and oxygen atoms in total. The smallest absolute Gasteiger partial charge is 0.153 e. The predicted molar refractivity (Wildman–Crippen MR) is 83.1 cm³/mol. The third-order valence-electron chi connectivity index (χ3n) is 3.38. The number of aldehydes is 1. The van der Waals surface area contributed by atoms with Gasteiger partial charge in [-0.2, -0.15) is 0 Å². The molecule has 3 heteroatoms. The van der Waals surface area contributed by atoms with E-state index in [9.17, 15) is 4.79 Å². The molecule has 0 radical (unpaired) electrons. The molecular formula is C18H15NO2. The lowest BCUT2D eigenvalue weighted by atomic mass is 10.1. The summed E-state index contributed by atoms with van der Waals surface area (Å²) in [5.41, 5.74) is 3.36. The average molecular weight is 277 g/mol. The normalized spacial score (nSPS) is 10.6. The van der Waals surface area contributed by atoms with E-state index in [0.29, 0.717) is 5.56 Å². The summed E-state index contributed by atoms with van der Waals surface area (Å²) in [7, 11) is 0. The van der Waals surface area contributed by atoms with Crippen molar-refractivity contribution < 1.29 is 9.53 Å². The van der Waals surface area contributed by atoms with Crippen molar-refractivity contribution in [3.63, 3.8) is 0 Å². The Balaban J connectivity index is 2.05. The maximum Gasteiger partial charge on any atom is 0.153 e. The zero-order valence-corrected chi connectivity index (χ0v) is 12.0. The molecule has 1 heterocycles. The highest BCUT2D eigenvalue weighted by Crippen LogP contribution is 2.30. The van der Waals surface area contributed by atoms with Crippen LogP contribution < -0.4 is 4.74 Å². The molecular weight excluding hydrogens is 262 g/mol. The first-order chi connectivity index (χ1) is 10.2. The molecule has 0 atom stereocenters. The fourth-order valence-electron chi connectivity index (χ4n) is 2.28. The standard InChI is InChI=1S/C18H15NO2/c1-12-10-14(11-20)7-9-16(12)21-17-5-3-4-15-8-6-13(2)19-18(15)17/h3-11H,1-2H3. The second-order valence-electron chi connectivity index (χ2n) is 5.03. The van der Waals surface area contributed by atoms with Crippen LogP contribution in [-0.4, -0.2) is 11.3 Å². The van der Waals surface area contributed by atoms with Crippen LogP contribution in [0.15, 0.2) is 48.5 Å². The first kappa shape index (κ1) is 13.3. The molecule has 3 aromatic rings. The fourth-order valence-corrected chi connectivity index (χ4v) is 2.28. The molecule has 0 aliphatic carbocycles. The monoisotopic (exact) mass is 277 g/mol. The number of ether oxygens (including phenoxy) is 1. The zero-order chi connectivity index (χ0) is 14.8.